The van der Waals surface area contributed by atoms with E-state index in [1.807, 2.05) is 53.7 Å². The summed E-state index contributed by atoms with van der Waals surface area (Å²) in [5.74, 6) is -1.04. The second-order valence-corrected chi connectivity index (χ2v) is 9.59. The van der Waals surface area contributed by atoms with Crippen molar-refractivity contribution in [1.82, 2.24) is 10.7 Å². The quantitative estimate of drug-likeness (QED) is 0.129. The summed E-state index contributed by atoms with van der Waals surface area (Å²) in [6.07, 6.45) is 0.668. The van der Waals surface area contributed by atoms with Crippen molar-refractivity contribution in [2.45, 2.75) is 77.8 Å². The third-order valence-corrected chi connectivity index (χ3v) is 4.78. The van der Waals surface area contributed by atoms with Crippen molar-refractivity contribution in [3.63, 3.8) is 0 Å². The van der Waals surface area contributed by atoms with Crippen LogP contribution in [0.5, 0.6) is 5.75 Å². The van der Waals surface area contributed by atoms with Gasteiger partial charge in [-0.15, -0.1) is 0 Å². The molecule has 0 saturated carbocycles. The summed E-state index contributed by atoms with van der Waals surface area (Å²) in [6.45, 7) is 12.6. The van der Waals surface area contributed by atoms with Gasteiger partial charge in [-0.25, -0.2) is 15.1 Å². The number of carbonyl (C=O) groups is 1. The van der Waals surface area contributed by atoms with Crippen LogP contribution in [0, 0.1) is 10.1 Å². The van der Waals surface area contributed by atoms with Crippen LogP contribution in [0.15, 0.2) is 17.1 Å². The van der Waals surface area contributed by atoms with Crippen molar-refractivity contribution >= 4 is 11.9 Å². The lowest BCUT2D eigenvalue weighted by molar-refractivity contribution is -0.525. The van der Waals surface area contributed by atoms with Crippen molar-refractivity contribution in [3.05, 3.63) is 38.9 Å². The molecule has 0 aliphatic rings. The molecule has 0 aliphatic heterocycles. The van der Waals surface area contributed by atoms with Gasteiger partial charge in [-0.2, -0.15) is 0 Å². The molecule has 0 aliphatic carbocycles. The minimum absolute atomic E-state index is 0.166. The zero-order chi connectivity index (χ0) is 24.0. The number of rotatable bonds is 9. The maximum absolute atomic E-state index is 11.6. The lowest BCUT2D eigenvalue weighted by Gasteiger charge is -2.28. The van der Waals surface area contributed by atoms with E-state index in [0.29, 0.717) is 13.0 Å². The van der Waals surface area contributed by atoms with E-state index in [2.05, 4.69) is 10.3 Å². The third kappa shape index (κ3) is 8.41. The topological polar surface area (TPSA) is 163 Å². The third-order valence-electron chi connectivity index (χ3n) is 4.78. The minimum Gasteiger partial charge on any atom is -0.507 e. The van der Waals surface area contributed by atoms with Crippen molar-refractivity contribution in [1.29, 1.82) is 0 Å². The molecule has 0 aromatic heterocycles. The molecule has 1 unspecified atom stereocenters. The maximum atomic E-state index is 11.6. The normalized spacial score (nSPS) is 13.7. The first-order valence-corrected chi connectivity index (χ1v) is 10.2. The average molecular weight is 438 g/mol. The molecule has 0 saturated heterocycles. The Morgan fingerprint density at radius 2 is 1.71 bits per heavy atom. The summed E-state index contributed by atoms with van der Waals surface area (Å²) >= 11 is 0. The molecule has 1 aromatic rings. The van der Waals surface area contributed by atoms with Crippen molar-refractivity contribution in [2.75, 3.05) is 6.54 Å². The number of guanidine groups is 1. The number of hydrogen-bond donors (Lipinski definition) is 5. The van der Waals surface area contributed by atoms with Crippen LogP contribution in [-0.4, -0.2) is 39.8 Å². The molecule has 0 fully saturated rings. The highest BCUT2D eigenvalue weighted by atomic mass is 16.7. The zero-order valence-corrected chi connectivity index (χ0v) is 19.2. The predicted molar refractivity (Wildman–Crippen MR) is 120 cm³/mol. The van der Waals surface area contributed by atoms with E-state index in [1.165, 1.54) is 0 Å². The molecule has 0 heterocycles. The number of nitrogens with zero attached hydrogens (tertiary/aromatic N) is 2. The summed E-state index contributed by atoms with van der Waals surface area (Å²) in [7, 11) is 0. The first-order chi connectivity index (χ1) is 14.1. The van der Waals surface area contributed by atoms with Crippen LogP contribution in [0.1, 0.15) is 71.1 Å². The number of hydrazine groups is 1. The molecule has 0 amide bonds. The van der Waals surface area contributed by atoms with Gasteiger partial charge < -0.3 is 21.3 Å². The molecule has 1 aromatic carbocycles. The summed E-state index contributed by atoms with van der Waals surface area (Å²) in [5.41, 5.74) is 9.04. The fourth-order valence-corrected chi connectivity index (χ4v) is 3.12. The molecule has 0 bridgehead atoms. The first-order valence-electron chi connectivity index (χ1n) is 10.2. The maximum Gasteiger partial charge on any atom is 0.320 e. The van der Waals surface area contributed by atoms with Crippen molar-refractivity contribution in [3.8, 4) is 5.75 Å². The number of carboxylic acids is 1. The van der Waals surface area contributed by atoms with Gasteiger partial charge >= 0.3 is 5.97 Å². The number of aliphatic carboxylic acids is 1. The van der Waals surface area contributed by atoms with Crippen molar-refractivity contribution < 1.29 is 20.0 Å². The number of aliphatic imine (C=N–C) groups is 1. The number of hydrogen-bond acceptors (Lipinski definition) is 6. The van der Waals surface area contributed by atoms with E-state index >= 15 is 0 Å². The van der Waals surface area contributed by atoms with E-state index in [-0.39, 0.29) is 35.5 Å². The SMILES string of the molecule is CC(C)(C)c1cc(CNC(CCCN=C(N)N[N+](=O)[O-])C(=O)O)cc(C(C)(C)C)c1O. The Hall–Kier alpha value is -2.88. The Morgan fingerprint density at radius 3 is 2.13 bits per heavy atom. The standard InChI is InChI=1S/C21H35N5O5/c1-20(2,3)14-10-13(11-15(17(14)27)21(4,5)6)12-24-16(18(28)29)8-7-9-23-19(22)25-26(30)31/h10-11,16,24,27H,7-9,12H2,1-6H3,(H,28,29)(H3,22,23,25). The van der Waals surface area contributed by atoms with Gasteiger partial charge in [-0.1, -0.05) is 59.1 Å². The fourth-order valence-electron chi connectivity index (χ4n) is 3.12. The molecule has 1 rings (SSSR count). The molecule has 10 heteroatoms. The summed E-state index contributed by atoms with van der Waals surface area (Å²) in [5, 5.41) is 32.9. The summed E-state index contributed by atoms with van der Waals surface area (Å²) < 4.78 is 0. The van der Waals surface area contributed by atoms with Crippen LogP contribution in [0.25, 0.3) is 0 Å². The van der Waals surface area contributed by atoms with Gasteiger partial charge in [-0.3, -0.25) is 4.79 Å². The van der Waals surface area contributed by atoms with Gasteiger partial charge in [0.2, 0.25) is 0 Å². The largest absolute Gasteiger partial charge is 0.507 e. The summed E-state index contributed by atoms with van der Waals surface area (Å²) in [4.78, 5) is 25.7. The smallest absolute Gasteiger partial charge is 0.320 e. The number of phenolic OH excluding ortho intramolecular Hbond substituents is 1. The van der Waals surface area contributed by atoms with E-state index in [0.717, 1.165) is 16.7 Å². The lowest BCUT2D eigenvalue weighted by atomic mass is 9.78. The van der Waals surface area contributed by atoms with E-state index in [1.54, 1.807) is 5.43 Å². The Labute approximate surface area is 183 Å². The van der Waals surface area contributed by atoms with Crippen LogP contribution in [0.3, 0.4) is 0 Å². The van der Waals surface area contributed by atoms with E-state index in [4.69, 9.17) is 5.73 Å². The predicted octanol–water partition coefficient (Wildman–Crippen LogP) is 2.41. The summed E-state index contributed by atoms with van der Waals surface area (Å²) in [6, 6.07) is 3.00. The minimum atomic E-state index is -0.994. The monoisotopic (exact) mass is 437 g/mol. The molecule has 10 nitrogen and oxygen atoms in total. The Morgan fingerprint density at radius 1 is 1.19 bits per heavy atom. The van der Waals surface area contributed by atoms with E-state index in [9.17, 15) is 25.1 Å². The molecule has 0 spiro atoms. The van der Waals surface area contributed by atoms with Crippen LogP contribution < -0.4 is 16.5 Å². The van der Waals surface area contributed by atoms with Gasteiger partial charge in [0, 0.05) is 13.1 Å². The molecule has 0 radical (unpaired) electrons. The molecular formula is C21H35N5O5. The Bertz CT molecular complexity index is 789. The van der Waals surface area contributed by atoms with Crippen LogP contribution in [0.4, 0.5) is 0 Å². The molecule has 174 valence electrons. The molecular weight excluding hydrogens is 402 g/mol. The highest BCUT2D eigenvalue weighted by Gasteiger charge is 2.27. The Balaban J connectivity index is 2.92. The van der Waals surface area contributed by atoms with Gasteiger partial charge in [-0.05, 0) is 40.4 Å². The number of carboxylic acid groups (broad SMARTS) is 1. The fraction of sp³-hybridized carbons (Fsp3) is 0.619. The van der Waals surface area contributed by atoms with Gasteiger partial charge in [0.1, 0.15) is 11.8 Å². The average Bonchev–Trinajstić information content (AvgIpc) is 2.58. The lowest BCUT2D eigenvalue weighted by Crippen LogP contribution is -2.37. The zero-order valence-electron chi connectivity index (χ0n) is 19.2. The second-order valence-electron chi connectivity index (χ2n) is 9.59. The van der Waals surface area contributed by atoms with Crippen LogP contribution in [0.2, 0.25) is 0 Å². The van der Waals surface area contributed by atoms with Crippen molar-refractivity contribution in [2.24, 2.45) is 10.7 Å². The number of nitrogens with two attached hydrogens (primary N) is 1. The number of aromatic hydroxyl groups is 1. The molecule has 6 N–H and O–H groups in total. The second kappa shape index (κ2) is 10.4. The van der Waals surface area contributed by atoms with Crippen LogP contribution >= 0.6 is 0 Å². The number of nitro groups is 1. The number of benzene rings is 1. The van der Waals surface area contributed by atoms with E-state index < -0.39 is 17.0 Å². The highest BCUT2D eigenvalue weighted by molar-refractivity contribution is 5.76. The van der Waals surface area contributed by atoms with Gasteiger partial charge in [0.25, 0.3) is 5.96 Å². The molecule has 1 atom stereocenters. The van der Waals surface area contributed by atoms with Gasteiger partial charge in [0.15, 0.2) is 5.03 Å². The number of nitrogens with one attached hydrogen (secondary N) is 2. The number of phenols is 1. The molecule has 31 heavy (non-hydrogen) atoms. The highest BCUT2D eigenvalue weighted by Crippen LogP contribution is 2.39. The van der Waals surface area contributed by atoms with Gasteiger partial charge in [0.05, 0.1) is 0 Å². The first kappa shape index (κ1) is 26.2. The van der Waals surface area contributed by atoms with Crippen LogP contribution in [-0.2, 0) is 22.2 Å². The Kier molecular flexibility index (Phi) is 8.80.